The van der Waals surface area contributed by atoms with Crippen molar-refractivity contribution in [1.82, 2.24) is 0 Å². The number of anilines is 1. The minimum Gasteiger partial charge on any atom is -0.342 e. The van der Waals surface area contributed by atoms with Gasteiger partial charge < -0.3 is 4.90 Å². The quantitative estimate of drug-likeness (QED) is 0.629. The van der Waals surface area contributed by atoms with Crippen LogP contribution in [0.4, 0.5) is 5.69 Å². The molecular formula is C20H27N. The molecule has 0 amide bonds. The molecule has 0 saturated heterocycles. The van der Waals surface area contributed by atoms with Gasteiger partial charge in [-0.1, -0.05) is 55.5 Å². The monoisotopic (exact) mass is 281 g/mol. The first-order chi connectivity index (χ1) is 10.3. The van der Waals surface area contributed by atoms with Gasteiger partial charge in [0, 0.05) is 17.4 Å². The summed E-state index contributed by atoms with van der Waals surface area (Å²) in [5.41, 5.74) is 4.40. The molecule has 0 aliphatic heterocycles. The van der Waals surface area contributed by atoms with E-state index >= 15 is 0 Å². The third kappa shape index (κ3) is 3.58. The predicted molar refractivity (Wildman–Crippen MR) is 91.5 cm³/mol. The molecule has 1 saturated carbocycles. The van der Waals surface area contributed by atoms with E-state index in [2.05, 4.69) is 54.3 Å². The second-order valence-corrected chi connectivity index (χ2v) is 6.52. The van der Waals surface area contributed by atoms with Gasteiger partial charge in [-0.15, -0.1) is 0 Å². The zero-order chi connectivity index (χ0) is 14.5. The van der Waals surface area contributed by atoms with E-state index in [1.165, 1.54) is 68.3 Å². The molecule has 1 aromatic rings. The maximum absolute atomic E-state index is 2.65. The minimum atomic E-state index is 0.688. The number of rotatable bonds is 3. The lowest BCUT2D eigenvalue weighted by Crippen LogP contribution is -2.34. The summed E-state index contributed by atoms with van der Waals surface area (Å²) >= 11 is 0. The number of nitrogens with zero attached hydrogens (tertiary/aromatic N) is 1. The Bertz CT molecular complexity index is 504. The summed E-state index contributed by atoms with van der Waals surface area (Å²) in [7, 11) is 0. The van der Waals surface area contributed by atoms with Crippen molar-refractivity contribution >= 4 is 5.69 Å². The number of hydrogen-bond donors (Lipinski definition) is 0. The molecule has 1 fully saturated rings. The highest BCUT2D eigenvalue weighted by Gasteiger charge is 2.24. The maximum Gasteiger partial charge on any atom is 0.0410 e. The lowest BCUT2D eigenvalue weighted by atomic mass is 9.99. The SMILES string of the molecule is CC1=CC=C(N(c2ccccc2)C2CCCCCC2)CC1. The second kappa shape index (κ2) is 6.98. The van der Waals surface area contributed by atoms with Crippen LogP contribution in [0, 0.1) is 0 Å². The summed E-state index contributed by atoms with van der Waals surface area (Å²) < 4.78 is 0. The molecular weight excluding hydrogens is 254 g/mol. The predicted octanol–water partition coefficient (Wildman–Crippen LogP) is 5.84. The molecule has 0 bridgehead atoms. The van der Waals surface area contributed by atoms with Crippen LogP contribution in [-0.2, 0) is 0 Å². The Balaban J connectivity index is 1.91. The van der Waals surface area contributed by atoms with Crippen LogP contribution in [0.3, 0.4) is 0 Å². The van der Waals surface area contributed by atoms with Gasteiger partial charge in [-0.25, -0.2) is 0 Å². The van der Waals surface area contributed by atoms with E-state index in [1.807, 2.05) is 0 Å². The Morgan fingerprint density at radius 3 is 2.19 bits per heavy atom. The molecule has 0 radical (unpaired) electrons. The van der Waals surface area contributed by atoms with Gasteiger partial charge >= 0.3 is 0 Å². The summed E-state index contributed by atoms with van der Waals surface area (Å²) in [6, 6.07) is 11.7. The molecule has 2 aliphatic carbocycles. The number of hydrogen-bond acceptors (Lipinski definition) is 1. The van der Waals surface area contributed by atoms with Gasteiger partial charge in [-0.3, -0.25) is 0 Å². The van der Waals surface area contributed by atoms with Crippen LogP contribution in [0.1, 0.15) is 58.3 Å². The molecule has 1 aromatic carbocycles. The summed E-state index contributed by atoms with van der Waals surface area (Å²) in [5.74, 6) is 0. The number of benzene rings is 1. The van der Waals surface area contributed by atoms with E-state index in [9.17, 15) is 0 Å². The number of para-hydroxylation sites is 1. The summed E-state index contributed by atoms with van der Waals surface area (Å²) in [4.78, 5) is 2.65. The van der Waals surface area contributed by atoms with E-state index in [0.717, 1.165) is 0 Å². The Kier molecular flexibility index (Phi) is 4.80. The van der Waals surface area contributed by atoms with Crippen LogP contribution < -0.4 is 4.90 Å². The molecule has 2 aliphatic rings. The maximum atomic E-state index is 2.65. The Morgan fingerprint density at radius 2 is 1.57 bits per heavy atom. The van der Waals surface area contributed by atoms with Crippen molar-refractivity contribution in [3.8, 4) is 0 Å². The summed E-state index contributed by atoms with van der Waals surface area (Å²) in [5, 5.41) is 0. The molecule has 0 aromatic heterocycles. The molecule has 21 heavy (non-hydrogen) atoms. The van der Waals surface area contributed by atoms with Gasteiger partial charge in [0.2, 0.25) is 0 Å². The largest absolute Gasteiger partial charge is 0.342 e. The zero-order valence-corrected chi connectivity index (χ0v) is 13.2. The van der Waals surface area contributed by atoms with Crippen LogP contribution in [0.15, 0.2) is 53.8 Å². The van der Waals surface area contributed by atoms with Crippen molar-refractivity contribution in [2.45, 2.75) is 64.3 Å². The fourth-order valence-electron chi connectivity index (χ4n) is 3.65. The molecule has 3 rings (SSSR count). The zero-order valence-electron chi connectivity index (χ0n) is 13.2. The van der Waals surface area contributed by atoms with Gasteiger partial charge in [0.25, 0.3) is 0 Å². The molecule has 1 nitrogen and oxygen atoms in total. The van der Waals surface area contributed by atoms with Crippen LogP contribution in [0.5, 0.6) is 0 Å². The molecule has 0 spiro atoms. The first kappa shape index (κ1) is 14.4. The highest BCUT2D eigenvalue weighted by atomic mass is 15.2. The van der Waals surface area contributed by atoms with E-state index in [0.29, 0.717) is 6.04 Å². The summed E-state index contributed by atoms with van der Waals surface area (Å²) in [6.07, 6.45) is 15.3. The van der Waals surface area contributed by atoms with E-state index in [-0.39, 0.29) is 0 Å². The van der Waals surface area contributed by atoms with Crippen LogP contribution in [0.2, 0.25) is 0 Å². The minimum absolute atomic E-state index is 0.688. The first-order valence-electron chi connectivity index (χ1n) is 8.55. The van der Waals surface area contributed by atoms with Crippen molar-refractivity contribution in [2.75, 3.05) is 4.90 Å². The van der Waals surface area contributed by atoms with Crippen molar-refractivity contribution in [2.24, 2.45) is 0 Å². The van der Waals surface area contributed by atoms with Gasteiger partial charge in [-0.05, 0) is 50.8 Å². The fourth-order valence-corrected chi connectivity index (χ4v) is 3.65. The Morgan fingerprint density at radius 1 is 0.857 bits per heavy atom. The third-order valence-corrected chi connectivity index (χ3v) is 4.87. The fraction of sp³-hybridized carbons (Fsp3) is 0.500. The molecule has 112 valence electrons. The van der Waals surface area contributed by atoms with Crippen LogP contribution in [-0.4, -0.2) is 6.04 Å². The average molecular weight is 281 g/mol. The van der Waals surface area contributed by atoms with Crippen molar-refractivity contribution < 1.29 is 0 Å². The van der Waals surface area contributed by atoms with Gasteiger partial charge in [0.15, 0.2) is 0 Å². The highest BCUT2D eigenvalue weighted by molar-refractivity contribution is 5.54. The molecule has 0 unspecified atom stereocenters. The first-order valence-corrected chi connectivity index (χ1v) is 8.55. The normalized spacial score (nSPS) is 20.4. The van der Waals surface area contributed by atoms with Crippen LogP contribution >= 0.6 is 0 Å². The lowest BCUT2D eigenvalue weighted by molar-refractivity contribution is 0.545. The van der Waals surface area contributed by atoms with Crippen molar-refractivity contribution in [3.63, 3.8) is 0 Å². The molecule has 0 N–H and O–H groups in total. The van der Waals surface area contributed by atoms with E-state index in [1.54, 1.807) is 0 Å². The molecule has 0 heterocycles. The van der Waals surface area contributed by atoms with E-state index < -0.39 is 0 Å². The van der Waals surface area contributed by atoms with Crippen molar-refractivity contribution in [1.29, 1.82) is 0 Å². The molecule has 1 heteroatoms. The lowest BCUT2D eigenvalue weighted by Gasteiger charge is -2.36. The Hall–Kier alpha value is -1.50. The second-order valence-electron chi connectivity index (χ2n) is 6.52. The number of allylic oxidation sites excluding steroid dienone is 4. The highest BCUT2D eigenvalue weighted by Crippen LogP contribution is 2.33. The topological polar surface area (TPSA) is 3.24 Å². The summed E-state index contributed by atoms with van der Waals surface area (Å²) in [6.45, 7) is 2.24. The third-order valence-electron chi connectivity index (χ3n) is 4.87. The average Bonchev–Trinajstić information content (AvgIpc) is 2.80. The van der Waals surface area contributed by atoms with Gasteiger partial charge in [0.1, 0.15) is 0 Å². The van der Waals surface area contributed by atoms with Gasteiger partial charge in [0.05, 0.1) is 0 Å². The van der Waals surface area contributed by atoms with Crippen LogP contribution in [0.25, 0.3) is 0 Å². The Labute approximate surface area is 129 Å². The van der Waals surface area contributed by atoms with Crippen molar-refractivity contribution in [3.05, 3.63) is 53.8 Å². The standard InChI is InChI=1S/C20H27N/c1-17-13-15-20(16-14-17)21(19-11-7-4-8-12-19)18-9-5-2-3-6-10-18/h4,7-8,11-13,15,18H,2-3,5-6,9-10,14,16H2,1H3. The van der Waals surface area contributed by atoms with E-state index in [4.69, 9.17) is 0 Å². The van der Waals surface area contributed by atoms with Gasteiger partial charge in [-0.2, -0.15) is 0 Å². The molecule has 0 atom stereocenters. The smallest absolute Gasteiger partial charge is 0.0410 e.